The van der Waals surface area contributed by atoms with Crippen LogP contribution in [-0.4, -0.2) is 60.8 Å². The summed E-state index contributed by atoms with van der Waals surface area (Å²) in [5.41, 5.74) is 0.668. The number of anilines is 2. The Kier molecular flexibility index (Phi) is 6.52. The highest BCUT2D eigenvalue weighted by atomic mass is 16.5. The number of piperazine rings is 1. The minimum atomic E-state index is -0.130. The summed E-state index contributed by atoms with van der Waals surface area (Å²) in [7, 11) is 1.59. The average Bonchev–Trinajstić information content (AvgIpc) is 2.72. The molecule has 0 saturated carbocycles. The second-order valence-corrected chi connectivity index (χ2v) is 6.56. The minimum absolute atomic E-state index is 0.130. The van der Waals surface area contributed by atoms with Gasteiger partial charge in [-0.3, -0.25) is 0 Å². The maximum Gasteiger partial charge on any atom is 0.322 e. The summed E-state index contributed by atoms with van der Waals surface area (Å²) in [6, 6.07) is 9.13. The van der Waals surface area contributed by atoms with E-state index in [9.17, 15) is 4.79 Å². The molecule has 0 atom stereocenters. The summed E-state index contributed by atoms with van der Waals surface area (Å²) in [4.78, 5) is 25.4. The molecule has 0 radical (unpaired) electrons. The van der Waals surface area contributed by atoms with Gasteiger partial charge in [0.2, 0.25) is 5.88 Å². The number of para-hydroxylation sites is 2. The van der Waals surface area contributed by atoms with Crippen LogP contribution in [0.2, 0.25) is 0 Å². The monoisotopic (exact) mass is 385 g/mol. The molecule has 8 heteroatoms. The molecule has 2 heterocycles. The highest BCUT2D eigenvalue weighted by molar-refractivity contribution is 5.91. The SMILES string of the molecule is CCCOc1cc(N2CCN(C(=O)Nc3ccccc3OC)CC2)nc(C)n1. The Balaban J connectivity index is 1.60. The first-order chi connectivity index (χ1) is 13.6. The zero-order valence-corrected chi connectivity index (χ0v) is 16.6. The molecule has 0 unspecified atom stereocenters. The molecule has 1 aromatic carbocycles. The van der Waals surface area contributed by atoms with E-state index in [2.05, 4.69) is 27.1 Å². The zero-order chi connectivity index (χ0) is 19.9. The Hall–Kier alpha value is -3.03. The van der Waals surface area contributed by atoms with Crippen molar-refractivity contribution in [2.75, 3.05) is 50.1 Å². The van der Waals surface area contributed by atoms with Gasteiger partial charge in [-0.05, 0) is 25.5 Å². The molecule has 0 bridgehead atoms. The number of aromatic nitrogens is 2. The molecule has 2 aromatic rings. The predicted octanol–water partition coefficient (Wildman–Crippen LogP) is 2.94. The maximum atomic E-state index is 12.6. The minimum Gasteiger partial charge on any atom is -0.495 e. The van der Waals surface area contributed by atoms with E-state index in [1.807, 2.05) is 37.3 Å². The first-order valence-corrected chi connectivity index (χ1v) is 9.53. The van der Waals surface area contributed by atoms with Gasteiger partial charge in [0.05, 0.1) is 19.4 Å². The van der Waals surface area contributed by atoms with Crippen molar-refractivity contribution in [3.63, 3.8) is 0 Å². The summed E-state index contributed by atoms with van der Waals surface area (Å²) in [5, 5.41) is 2.93. The van der Waals surface area contributed by atoms with E-state index in [1.54, 1.807) is 12.0 Å². The number of nitrogens with zero attached hydrogens (tertiary/aromatic N) is 4. The molecular weight excluding hydrogens is 358 g/mol. The normalized spacial score (nSPS) is 14.0. The van der Waals surface area contributed by atoms with Crippen molar-refractivity contribution in [1.29, 1.82) is 0 Å². The van der Waals surface area contributed by atoms with Gasteiger partial charge in [0.15, 0.2) is 0 Å². The number of methoxy groups -OCH3 is 1. The number of ether oxygens (including phenoxy) is 2. The van der Waals surface area contributed by atoms with Crippen LogP contribution in [0.5, 0.6) is 11.6 Å². The van der Waals surface area contributed by atoms with Crippen molar-refractivity contribution < 1.29 is 14.3 Å². The van der Waals surface area contributed by atoms with Crippen LogP contribution in [0.1, 0.15) is 19.2 Å². The lowest BCUT2D eigenvalue weighted by atomic mass is 10.3. The van der Waals surface area contributed by atoms with E-state index >= 15 is 0 Å². The second-order valence-electron chi connectivity index (χ2n) is 6.56. The molecule has 150 valence electrons. The maximum absolute atomic E-state index is 12.6. The summed E-state index contributed by atoms with van der Waals surface area (Å²) in [6.07, 6.45) is 0.929. The lowest BCUT2D eigenvalue weighted by Gasteiger charge is -2.35. The molecule has 1 fully saturated rings. The number of hydrogen-bond donors (Lipinski definition) is 1. The van der Waals surface area contributed by atoms with Gasteiger partial charge in [0.1, 0.15) is 17.4 Å². The van der Waals surface area contributed by atoms with Gasteiger partial charge in [-0.2, -0.15) is 4.98 Å². The van der Waals surface area contributed by atoms with Gasteiger partial charge >= 0.3 is 6.03 Å². The first-order valence-electron chi connectivity index (χ1n) is 9.53. The molecule has 0 aliphatic carbocycles. The van der Waals surface area contributed by atoms with Crippen LogP contribution >= 0.6 is 0 Å². The van der Waals surface area contributed by atoms with E-state index in [0.29, 0.717) is 55.9 Å². The molecule has 1 N–H and O–H groups in total. The molecule has 28 heavy (non-hydrogen) atoms. The Morgan fingerprint density at radius 3 is 2.64 bits per heavy atom. The van der Waals surface area contributed by atoms with Crippen molar-refractivity contribution in [2.45, 2.75) is 20.3 Å². The predicted molar refractivity (Wildman–Crippen MR) is 108 cm³/mol. The summed E-state index contributed by atoms with van der Waals surface area (Å²) in [5.74, 6) is 2.76. The van der Waals surface area contributed by atoms with Gasteiger partial charge in [0.25, 0.3) is 0 Å². The van der Waals surface area contributed by atoms with Crippen molar-refractivity contribution >= 4 is 17.5 Å². The third-order valence-electron chi connectivity index (χ3n) is 4.49. The van der Waals surface area contributed by atoms with E-state index in [0.717, 1.165) is 12.2 Å². The van der Waals surface area contributed by atoms with Gasteiger partial charge in [-0.1, -0.05) is 19.1 Å². The highest BCUT2D eigenvalue weighted by Gasteiger charge is 2.23. The first kappa shape index (κ1) is 19.7. The zero-order valence-electron chi connectivity index (χ0n) is 16.6. The molecule has 1 aliphatic heterocycles. The number of hydrogen-bond acceptors (Lipinski definition) is 6. The van der Waals surface area contributed by atoms with Gasteiger partial charge < -0.3 is 24.6 Å². The van der Waals surface area contributed by atoms with Crippen LogP contribution < -0.4 is 19.7 Å². The van der Waals surface area contributed by atoms with Crippen molar-refractivity contribution in [1.82, 2.24) is 14.9 Å². The van der Waals surface area contributed by atoms with Crippen LogP contribution in [0.15, 0.2) is 30.3 Å². The number of aryl methyl sites for hydroxylation is 1. The van der Waals surface area contributed by atoms with E-state index in [4.69, 9.17) is 9.47 Å². The number of rotatable bonds is 6. The molecule has 0 spiro atoms. The molecular formula is C20H27N5O3. The molecule has 8 nitrogen and oxygen atoms in total. The Morgan fingerprint density at radius 2 is 1.93 bits per heavy atom. The fourth-order valence-corrected chi connectivity index (χ4v) is 3.05. The third-order valence-corrected chi connectivity index (χ3v) is 4.49. The molecule has 1 aliphatic rings. The molecule has 3 rings (SSSR count). The van der Waals surface area contributed by atoms with Crippen LogP contribution in [-0.2, 0) is 0 Å². The van der Waals surface area contributed by atoms with Gasteiger partial charge in [0, 0.05) is 32.2 Å². The number of carbonyl (C=O) groups excluding carboxylic acids is 1. The number of urea groups is 1. The summed E-state index contributed by atoms with van der Waals surface area (Å²) >= 11 is 0. The smallest absolute Gasteiger partial charge is 0.322 e. The third kappa shape index (κ3) is 4.82. The topological polar surface area (TPSA) is 79.8 Å². The van der Waals surface area contributed by atoms with Gasteiger partial charge in [-0.15, -0.1) is 0 Å². The second kappa shape index (κ2) is 9.25. The molecule has 2 amide bonds. The Morgan fingerprint density at radius 1 is 1.18 bits per heavy atom. The fourth-order valence-electron chi connectivity index (χ4n) is 3.05. The quantitative estimate of drug-likeness (QED) is 0.824. The van der Waals surface area contributed by atoms with E-state index in [1.165, 1.54) is 0 Å². The van der Waals surface area contributed by atoms with Crippen LogP contribution in [0.3, 0.4) is 0 Å². The van der Waals surface area contributed by atoms with E-state index in [-0.39, 0.29) is 6.03 Å². The molecule has 1 saturated heterocycles. The van der Waals surface area contributed by atoms with Crippen LogP contribution in [0.25, 0.3) is 0 Å². The molecule has 1 aromatic heterocycles. The number of carbonyl (C=O) groups is 1. The van der Waals surface area contributed by atoms with Gasteiger partial charge in [-0.25, -0.2) is 9.78 Å². The number of nitrogens with one attached hydrogen (secondary N) is 1. The standard InChI is InChI=1S/C20H27N5O3/c1-4-13-28-19-14-18(21-15(2)22-19)24-9-11-25(12-10-24)20(26)23-16-7-5-6-8-17(16)27-3/h5-8,14H,4,9-13H2,1-3H3,(H,23,26). The van der Waals surface area contributed by atoms with Crippen molar-refractivity contribution in [3.05, 3.63) is 36.2 Å². The summed E-state index contributed by atoms with van der Waals surface area (Å²) < 4.78 is 10.9. The van der Waals surface area contributed by atoms with Crippen LogP contribution in [0.4, 0.5) is 16.3 Å². The lowest BCUT2D eigenvalue weighted by Crippen LogP contribution is -2.50. The average molecular weight is 385 g/mol. The largest absolute Gasteiger partial charge is 0.495 e. The Bertz CT molecular complexity index is 806. The highest BCUT2D eigenvalue weighted by Crippen LogP contribution is 2.24. The van der Waals surface area contributed by atoms with Crippen LogP contribution in [0, 0.1) is 6.92 Å². The van der Waals surface area contributed by atoms with Crippen molar-refractivity contribution in [3.8, 4) is 11.6 Å². The lowest BCUT2D eigenvalue weighted by molar-refractivity contribution is 0.208. The fraction of sp³-hybridized carbons (Fsp3) is 0.450. The summed E-state index contributed by atoms with van der Waals surface area (Å²) in [6.45, 7) is 7.16. The number of benzene rings is 1. The van der Waals surface area contributed by atoms with Crippen molar-refractivity contribution in [2.24, 2.45) is 0 Å². The number of amides is 2. The van der Waals surface area contributed by atoms with E-state index < -0.39 is 0 Å². The Labute approximate surface area is 165 Å².